The Morgan fingerprint density at radius 1 is 1.08 bits per heavy atom. The van der Waals surface area contributed by atoms with E-state index in [9.17, 15) is 14.4 Å². The highest BCUT2D eigenvalue weighted by molar-refractivity contribution is 5.98. The first-order chi connectivity index (χ1) is 17.4. The Hall–Kier alpha value is -2.45. The van der Waals surface area contributed by atoms with E-state index in [1.54, 1.807) is 12.0 Å². The minimum absolute atomic E-state index is 0.0674. The van der Waals surface area contributed by atoms with E-state index in [2.05, 4.69) is 5.32 Å². The molecule has 36 heavy (non-hydrogen) atoms. The Labute approximate surface area is 214 Å². The third-order valence-corrected chi connectivity index (χ3v) is 8.12. The summed E-state index contributed by atoms with van der Waals surface area (Å²) in [5.74, 6) is 0.847. The van der Waals surface area contributed by atoms with Crippen molar-refractivity contribution in [2.45, 2.75) is 64.0 Å². The lowest BCUT2D eigenvalue weighted by Crippen LogP contribution is -2.47. The van der Waals surface area contributed by atoms with E-state index < -0.39 is 6.04 Å². The molecule has 2 aliphatic carbocycles. The van der Waals surface area contributed by atoms with Crippen molar-refractivity contribution < 1.29 is 19.1 Å². The van der Waals surface area contributed by atoms with Crippen LogP contribution in [0.1, 0.15) is 60.9 Å². The zero-order valence-electron chi connectivity index (χ0n) is 21.8. The maximum Gasteiger partial charge on any atom is 0.254 e. The third kappa shape index (κ3) is 6.45. The lowest BCUT2D eigenvalue weighted by Gasteiger charge is -2.29. The number of nitrogens with zero attached hydrogens (tertiary/aromatic N) is 2. The molecule has 1 heterocycles. The van der Waals surface area contributed by atoms with E-state index in [1.165, 1.54) is 0 Å². The van der Waals surface area contributed by atoms with Crippen LogP contribution in [0.15, 0.2) is 24.3 Å². The van der Waals surface area contributed by atoms with Gasteiger partial charge in [-0.3, -0.25) is 14.4 Å². The second kappa shape index (κ2) is 12.2. The molecular formula is C28H42N4O4. The smallest absolute Gasteiger partial charge is 0.254 e. The van der Waals surface area contributed by atoms with Crippen LogP contribution >= 0.6 is 0 Å². The summed E-state index contributed by atoms with van der Waals surface area (Å²) in [7, 11) is 1.62. The first-order valence-corrected chi connectivity index (χ1v) is 13.6. The number of likely N-dealkylation sites (tertiary alicyclic amines) is 1. The van der Waals surface area contributed by atoms with Crippen molar-refractivity contribution in [2.75, 3.05) is 39.9 Å². The van der Waals surface area contributed by atoms with Gasteiger partial charge < -0.3 is 25.6 Å². The maximum absolute atomic E-state index is 13.6. The molecule has 0 radical (unpaired) electrons. The molecule has 8 nitrogen and oxygen atoms in total. The molecule has 4 unspecified atom stereocenters. The number of nitrogens with one attached hydrogen (secondary N) is 1. The fourth-order valence-electron chi connectivity index (χ4n) is 5.77. The Morgan fingerprint density at radius 3 is 2.47 bits per heavy atom. The van der Waals surface area contributed by atoms with Crippen molar-refractivity contribution >= 4 is 17.7 Å². The lowest BCUT2D eigenvalue weighted by atomic mass is 9.81. The fraction of sp³-hybridized carbons (Fsp3) is 0.679. The second-order valence-electron chi connectivity index (χ2n) is 10.9. The number of carbonyl (C=O) groups is 3. The predicted octanol–water partition coefficient (Wildman–Crippen LogP) is 2.34. The van der Waals surface area contributed by atoms with Crippen molar-refractivity contribution in [2.24, 2.45) is 23.5 Å². The van der Waals surface area contributed by atoms with E-state index in [0.717, 1.165) is 44.1 Å². The van der Waals surface area contributed by atoms with E-state index in [0.29, 0.717) is 56.6 Å². The fourth-order valence-corrected chi connectivity index (χ4v) is 5.77. The lowest BCUT2D eigenvalue weighted by molar-refractivity contribution is -0.135. The van der Waals surface area contributed by atoms with Crippen LogP contribution in [0.4, 0.5) is 0 Å². The summed E-state index contributed by atoms with van der Waals surface area (Å²) < 4.78 is 5.27. The molecule has 1 aromatic carbocycles. The molecule has 1 aliphatic heterocycles. The van der Waals surface area contributed by atoms with Crippen LogP contribution in [0.2, 0.25) is 0 Å². The quantitative estimate of drug-likeness (QED) is 0.515. The third-order valence-electron chi connectivity index (χ3n) is 8.12. The van der Waals surface area contributed by atoms with Crippen LogP contribution in [-0.2, 0) is 14.3 Å². The number of ether oxygens (including phenoxy) is 1. The Morgan fingerprint density at radius 2 is 1.81 bits per heavy atom. The number of aryl methyl sites for hydroxylation is 1. The molecule has 198 valence electrons. The van der Waals surface area contributed by atoms with Crippen LogP contribution in [0.5, 0.6) is 0 Å². The minimum atomic E-state index is -0.602. The van der Waals surface area contributed by atoms with Gasteiger partial charge in [0.25, 0.3) is 5.91 Å². The minimum Gasteiger partial charge on any atom is -0.383 e. The van der Waals surface area contributed by atoms with Gasteiger partial charge in [0, 0.05) is 38.2 Å². The predicted molar refractivity (Wildman–Crippen MR) is 138 cm³/mol. The van der Waals surface area contributed by atoms with E-state index in [1.807, 2.05) is 36.1 Å². The average Bonchev–Trinajstić information content (AvgIpc) is 3.66. The number of rotatable bonds is 10. The number of benzene rings is 1. The number of nitrogens with two attached hydrogens (primary N) is 1. The molecule has 1 saturated heterocycles. The molecule has 3 aliphatic rings. The van der Waals surface area contributed by atoms with Crippen molar-refractivity contribution in [1.82, 2.24) is 15.1 Å². The Balaban J connectivity index is 1.49. The van der Waals surface area contributed by atoms with Gasteiger partial charge in [0.2, 0.25) is 11.8 Å². The van der Waals surface area contributed by atoms with Crippen LogP contribution in [0.3, 0.4) is 0 Å². The molecular weight excluding hydrogens is 456 g/mol. The second-order valence-corrected chi connectivity index (χ2v) is 10.9. The van der Waals surface area contributed by atoms with Gasteiger partial charge >= 0.3 is 0 Å². The summed E-state index contributed by atoms with van der Waals surface area (Å²) in [5.41, 5.74) is 7.53. The molecule has 1 aromatic rings. The zero-order valence-corrected chi connectivity index (χ0v) is 21.8. The number of hydrogen-bond donors (Lipinski definition) is 2. The molecule has 0 bridgehead atoms. The van der Waals surface area contributed by atoms with Crippen LogP contribution in [0, 0.1) is 24.7 Å². The summed E-state index contributed by atoms with van der Waals surface area (Å²) >= 11 is 0. The van der Waals surface area contributed by atoms with Crippen molar-refractivity contribution in [3.05, 3.63) is 35.4 Å². The Kier molecular flexibility index (Phi) is 9.01. The molecule has 2 saturated carbocycles. The van der Waals surface area contributed by atoms with E-state index in [4.69, 9.17) is 10.5 Å². The molecule has 3 N–H and O–H groups in total. The first-order valence-electron chi connectivity index (χ1n) is 13.6. The first kappa shape index (κ1) is 26.6. The number of hydrogen-bond acceptors (Lipinski definition) is 5. The topological polar surface area (TPSA) is 105 Å². The van der Waals surface area contributed by atoms with Gasteiger partial charge in [-0.15, -0.1) is 0 Å². The largest absolute Gasteiger partial charge is 0.383 e. The highest BCUT2D eigenvalue weighted by Crippen LogP contribution is 2.34. The summed E-state index contributed by atoms with van der Waals surface area (Å²) in [4.78, 5) is 43.7. The molecule has 3 amide bonds. The van der Waals surface area contributed by atoms with Gasteiger partial charge in [-0.05, 0) is 76.0 Å². The summed E-state index contributed by atoms with van der Waals surface area (Å²) in [6, 6.07) is 6.65. The van der Waals surface area contributed by atoms with Crippen LogP contribution in [-0.4, -0.2) is 79.5 Å². The highest BCUT2D eigenvalue weighted by Gasteiger charge is 2.45. The number of methoxy groups -OCH3 is 1. The van der Waals surface area contributed by atoms with E-state index in [-0.39, 0.29) is 29.7 Å². The van der Waals surface area contributed by atoms with E-state index >= 15 is 0 Å². The zero-order chi connectivity index (χ0) is 25.7. The summed E-state index contributed by atoms with van der Waals surface area (Å²) in [6.07, 6.45) is 6.71. The standard InChI is InChI=1S/C28H42N4O4/c1-19-6-8-22(9-7-19)28(35)32-18-24(31(12-13-36-2)27(34)23-10-11-23)15-25(32)26(33)30-17-21-5-3-4-20(14-21)16-29/h6-9,20-21,23-25H,3-5,10-18,29H2,1-2H3,(H,30,33). The highest BCUT2D eigenvalue weighted by atomic mass is 16.5. The molecule has 0 spiro atoms. The number of amides is 3. The molecule has 8 heteroatoms. The normalized spacial score (nSPS) is 26.0. The number of carbonyl (C=O) groups excluding carboxylic acids is 3. The van der Waals surface area contributed by atoms with Gasteiger partial charge in [0.05, 0.1) is 12.6 Å². The van der Waals surface area contributed by atoms with Gasteiger partial charge in [0.15, 0.2) is 0 Å². The Bertz CT molecular complexity index is 917. The van der Waals surface area contributed by atoms with Gasteiger partial charge in [0.1, 0.15) is 6.04 Å². The van der Waals surface area contributed by atoms with Gasteiger partial charge in [-0.1, -0.05) is 24.1 Å². The monoisotopic (exact) mass is 498 g/mol. The molecule has 4 rings (SSSR count). The molecule has 0 aromatic heterocycles. The summed E-state index contributed by atoms with van der Waals surface area (Å²) in [5, 5.41) is 3.15. The summed E-state index contributed by atoms with van der Waals surface area (Å²) in [6.45, 7) is 4.54. The van der Waals surface area contributed by atoms with Gasteiger partial charge in [-0.25, -0.2) is 0 Å². The van der Waals surface area contributed by atoms with Crippen LogP contribution < -0.4 is 11.1 Å². The molecule has 3 fully saturated rings. The van der Waals surface area contributed by atoms with Crippen molar-refractivity contribution in [3.8, 4) is 0 Å². The van der Waals surface area contributed by atoms with Crippen LogP contribution in [0.25, 0.3) is 0 Å². The average molecular weight is 499 g/mol. The maximum atomic E-state index is 13.6. The SMILES string of the molecule is COCCN(C(=O)C1CC1)C1CC(C(=O)NCC2CCCC(CN)C2)N(C(=O)c2ccc(C)cc2)C1. The molecule has 4 atom stereocenters. The van der Waals surface area contributed by atoms with Crippen molar-refractivity contribution in [3.63, 3.8) is 0 Å². The van der Waals surface area contributed by atoms with Crippen molar-refractivity contribution in [1.29, 1.82) is 0 Å². The van der Waals surface area contributed by atoms with Gasteiger partial charge in [-0.2, -0.15) is 0 Å².